The Hall–Kier alpha value is -0.370. The number of nitrogens with zero attached hydrogens (tertiary/aromatic N) is 1. The fraction of sp³-hybridized carbons (Fsp3) is 0.941. The summed E-state index contributed by atoms with van der Waals surface area (Å²) < 4.78 is 26.4. The third kappa shape index (κ3) is 6.08. The molecule has 1 saturated carbocycles. The minimum absolute atomic E-state index is 0. The number of unbranched alkanes of at least 4 members (excludes halogenated alkanes) is 1. The Morgan fingerprint density at radius 2 is 1.88 bits per heavy atom. The number of carbonyl (C=O) groups is 1. The van der Waals surface area contributed by atoms with E-state index in [0.29, 0.717) is 31.8 Å². The van der Waals surface area contributed by atoms with Crippen LogP contribution in [0.4, 0.5) is 0 Å². The van der Waals surface area contributed by atoms with Crippen molar-refractivity contribution in [1.29, 1.82) is 0 Å². The second kappa shape index (κ2) is 10.7. The highest BCUT2D eigenvalue weighted by Crippen LogP contribution is 2.27. The summed E-state index contributed by atoms with van der Waals surface area (Å²) in [6, 6.07) is -0.580. The zero-order valence-corrected chi connectivity index (χ0v) is 16.9. The zero-order valence-electron chi connectivity index (χ0n) is 15.3. The average molecular weight is 396 g/mol. The number of rotatable bonds is 8. The lowest BCUT2D eigenvalue weighted by atomic mass is 9.84. The lowest BCUT2D eigenvalue weighted by Crippen LogP contribution is -2.53. The summed E-state index contributed by atoms with van der Waals surface area (Å²) in [5.74, 6) is 0.406. The van der Waals surface area contributed by atoms with Gasteiger partial charge in [0.05, 0.1) is 5.75 Å². The summed E-state index contributed by atoms with van der Waals surface area (Å²) in [7, 11) is -3.34. The van der Waals surface area contributed by atoms with Crippen LogP contribution >= 0.6 is 12.4 Å². The standard InChI is InChI=1S/C17H33N3O3S.ClH/c1-2-3-12-24(22,23)20-11-7-10-16(20)17(21)19-15(13-18)14-8-5-4-6-9-14;/h14-16H,2-13,18H2,1H3,(H,19,21);1H. The molecule has 1 aliphatic carbocycles. The first-order valence-electron chi connectivity index (χ1n) is 9.49. The minimum atomic E-state index is -3.34. The number of hydrogen-bond acceptors (Lipinski definition) is 4. The van der Waals surface area contributed by atoms with Crippen LogP contribution in [0, 0.1) is 5.92 Å². The smallest absolute Gasteiger partial charge is 0.238 e. The van der Waals surface area contributed by atoms with E-state index in [9.17, 15) is 13.2 Å². The van der Waals surface area contributed by atoms with E-state index in [1.165, 1.54) is 23.6 Å². The Bertz CT molecular complexity index is 509. The molecule has 6 nitrogen and oxygen atoms in total. The van der Waals surface area contributed by atoms with Crippen LogP contribution in [-0.2, 0) is 14.8 Å². The van der Waals surface area contributed by atoms with Gasteiger partial charge in [-0.15, -0.1) is 12.4 Å². The SMILES string of the molecule is CCCCS(=O)(=O)N1CCCC1C(=O)NC(CN)C1CCCCC1.Cl. The Kier molecular flexibility index (Phi) is 9.70. The maximum Gasteiger partial charge on any atom is 0.238 e. The van der Waals surface area contributed by atoms with Gasteiger partial charge in [0.1, 0.15) is 6.04 Å². The Morgan fingerprint density at radius 1 is 1.20 bits per heavy atom. The van der Waals surface area contributed by atoms with Crippen molar-refractivity contribution >= 4 is 28.3 Å². The van der Waals surface area contributed by atoms with E-state index in [1.807, 2.05) is 6.92 Å². The first kappa shape index (κ1) is 22.7. The van der Waals surface area contributed by atoms with Gasteiger partial charge in [-0.3, -0.25) is 4.79 Å². The lowest BCUT2D eigenvalue weighted by molar-refractivity contribution is -0.125. The molecular formula is C17H34ClN3O3S. The van der Waals surface area contributed by atoms with E-state index < -0.39 is 16.1 Å². The van der Waals surface area contributed by atoms with Gasteiger partial charge in [0.25, 0.3) is 0 Å². The molecule has 1 amide bonds. The fourth-order valence-corrected chi connectivity index (χ4v) is 5.85. The molecule has 25 heavy (non-hydrogen) atoms. The van der Waals surface area contributed by atoms with E-state index in [2.05, 4.69) is 5.32 Å². The number of nitrogens with one attached hydrogen (secondary N) is 1. The van der Waals surface area contributed by atoms with Crippen LogP contribution in [0.3, 0.4) is 0 Å². The second-order valence-corrected chi connectivity index (χ2v) is 9.23. The third-order valence-electron chi connectivity index (χ3n) is 5.42. The molecule has 1 aliphatic heterocycles. The number of nitrogens with two attached hydrogens (primary N) is 1. The summed E-state index contributed by atoms with van der Waals surface area (Å²) in [6.45, 7) is 2.85. The monoisotopic (exact) mass is 395 g/mol. The quantitative estimate of drug-likeness (QED) is 0.657. The number of halogens is 1. The predicted molar refractivity (Wildman–Crippen MR) is 103 cm³/mol. The van der Waals surface area contributed by atoms with Gasteiger partial charge in [0.15, 0.2) is 0 Å². The molecule has 3 N–H and O–H groups in total. The van der Waals surface area contributed by atoms with Crippen molar-refractivity contribution in [3.8, 4) is 0 Å². The molecule has 0 aromatic rings. The summed E-state index contributed by atoms with van der Waals surface area (Å²) in [4.78, 5) is 12.7. The number of hydrogen-bond donors (Lipinski definition) is 2. The van der Waals surface area contributed by atoms with E-state index >= 15 is 0 Å². The lowest BCUT2D eigenvalue weighted by Gasteiger charge is -2.32. The highest BCUT2D eigenvalue weighted by molar-refractivity contribution is 7.89. The molecule has 1 heterocycles. The molecule has 8 heteroatoms. The van der Waals surface area contributed by atoms with Crippen LogP contribution in [0.5, 0.6) is 0 Å². The van der Waals surface area contributed by atoms with Gasteiger partial charge in [0, 0.05) is 19.1 Å². The van der Waals surface area contributed by atoms with Gasteiger partial charge in [-0.05, 0) is 38.0 Å². The molecule has 2 fully saturated rings. The Labute approximate surface area is 158 Å². The molecule has 2 atom stereocenters. The predicted octanol–water partition coefficient (Wildman–Crippen LogP) is 2.03. The maximum atomic E-state index is 12.7. The first-order chi connectivity index (χ1) is 11.5. The van der Waals surface area contributed by atoms with Crippen LogP contribution in [0.1, 0.15) is 64.7 Å². The molecule has 1 saturated heterocycles. The van der Waals surface area contributed by atoms with E-state index in [4.69, 9.17) is 5.73 Å². The van der Waals surface area contributed by atoms with Gasteiger partial charge in [-0.2, -0.15) is 4.31 Å². The Balaban J connectivity index is 0.00000312. The van der Waals surface area contributed by atoms with E-state index in [-0.39, 0.29) is 30.1 Å². The van der Waals surface area contributed by atoms with Crippen molar-refractivity contribution in [2.45, 2.75) is 76.8 Å². The summed E-state index contributed by atoms with van der Waals surface area (Å²) in [5.41, 5.74) is 5.89. The van der Waals surface area contributed by atoms with Crippen molar-refractivity contribution in [3.05, 3.63) is 0 Å². The van der Waals surface area contributed by atoms with Crippen LogP contribution < -0.4 is 11.1 Å². The van der Waals surface area contributed by atoms with Crippen LogP contribution in [0.25, 0.3) is 0 Å². The number of sulfonamides is 1. The van der Waals surface area contributed by atoms with Crippen molar-refractivity contribution in [1.82, 2.24) is 9.62 Å². The van der Waals surface area contributed by atoms with Crippen LogP contribution in [0.2, 0.25) is 0 Å². The number of amides is 1. The highest BCUT2D eigenvalue weighted by atomic mass is 35.5. The van der Waals surface area contributed by atoms with Crippen LogP contribution in [-0.4, -0.2) is 49.6 Å². The molecule has 0 radical (unpaired) electrons. The molecular weight excluding hydrogens is 362 g/mol. The van der Waals surface area contributed by atoms with Crippen molar-refractivity contribution in [2.24, 2.45) is 11.7 Å². The van der Waals surface area contributed by atoms with Crippen molar-refractivity contribution in [2.75, 3.05) is 18.8 Å². The molecule has 2 unspecified atom stereocenters. The van der Waals surface area contributed by atoms with Gasteiger partial charge in [-0.1, -0.05) is 32.6 Å². The van der Waals surface area contributed by atoms with Crippen molar-refractivity contribution in [3.63, 3.8) is 0 Å². The molecule has 2 aliphatic rings. The molecule has 148 valence electrons. The summed E-state index contributed by atoms with van der Waals surface area (Å²) in [6.07, 6.45) is 8.68. The molecule has 2 rings (SSSR count). The largest absolute Gasteiger partial charge is 0.350 e. The van der Waals surface area contributed by atoms with Gasteiger partial charge < -0.3 is 11.1 Å². The Morgan fingerprint density at radius 3 is 2.48 bits per heavy atom. The third-order valence-corrected chi connectivity index (χ3v) is 7.38. The number of carbonyl (C=O) groups excluding carboxylic acids is 1. The molecule has 0 bridgehead atoms. The minimum Gasteiger partial charge on any atom is -0.350 e. The first-order valence-corrected chi connectivity index (χ1v) is 11.1. The topological polar surface area (TPSA) is 92.5 Å². The van der Waals surface area contributed by atoms with E-state index in [0.717, 1.165) is 25.7 Å². The van der Waals surface area contributed by atoms with Gasteiger partial charge >= 0.3 is 0 Å². The zero-order chi connectivity index (χ0) is 17.6. The van der Waals surface area contributed by atoms with Gasteiger partial charge in [0.2, 0.25) is 15.9 Å². The van der Waals surface area contributed by atoms with Crippen molar-refractivity contribution < 1.29 is 13.2 Å². The van der Waals surface area contributed by atoms with Gasteiger partial charge in [-0.25, -0.2) is 8.42 Å². The summed E-state index contributed by atoms with van der Waals surface area (Å²) >= 11 is 0. The second-order valence-electron chi connectivity index (χ2n) is 7.19. The molecule has 0 aromatic heterocycles. The summed E-state index contributed by atoms with van der Waals surface area (Å²) in [5, 5.41) is 3.07. The van der Waals surface area contributed by atoms with Crippen LogP contribution in [0.15, 0.2) is 0 Å². The van der Waals surface area contributed by atoms with E-state index in [1.54, 1.807) is 0 Å². The molecule has 0 aromatic carbocycles. The maximum absolute atomic E-state index is 12.7. The fourth-order valence-electron chi connectivity index (χ4n) is 3.96. The molecule has 0 spiro atoms. The highest BCUT2D eigenvalue weighted by Gasteiger charge is 2.39. The average Bonchev–Trinajstić information content (AvgIpc) is 3.09. The normalized spacial score (nSPS) is 23.8.